The highest BCUT2D eigenvalue weighted by atomic mass is 79.9. The van der Waals surface area contributed by atoms with Gasteiger partial charge < -0.3 is 10.5 Å². The number of nitrogens with two attached hydrogens (primary N) is 1. The zero-order valence-corrected chi connectivity index (χ0v) is 11.0. The molecule has 88 valence electrons. The predicted octanol–water partition coefficient (Wildman–Crippen LogP) is 2.89. The van der Waals surface area contributed by atoms with E-state index in [2.05, 4.69) is 34.1 Å². The van der Waals surface area contributed by atoms with E-state index in [4.69, 9.17) is 10.5 Å². The molecule has 1 unspecified atom stereocenters. The van der Waals surface area contributed by atoms with E-state index in [9.17, 15) is 0 Å². The topological polar surface area (TPSA) is 35.2 Å². The van der Waals surface area contributed by atoms with E-state index in [1.807, 2.05) is 6.07 Å². The Kier molecular flexibility index (Phi) is 4.00. The molecular formula is C13H18BrNO. The molecule has 0 radical (unpaired) electrons. The fraction of sp³-hybridized carbons (Fsp3) is 0.538. The molecule has 1 aliphatic heterocycles. The lowest BCUT2D eigenvalue weighted by Crippen LogP contribution is -2.42. The van der Waals surface area contributed by atoms with Crippen molar-refractivity contribution in [2.24, 2.45) is 5.73 Å². The average Bonchev–Trinajstić information content (AvgIpc) is 2.43. The van der Waals surface area contributed by atoms with E-state index in [-0.39, 0.29) is 5.54 Å². The molecule has 0 aromatic heterocycles. The molecule has 1 atom stereocenters. The van der Waals surface area contributed by atoms with E-state index in [0.717, 1.165) is 43.4 Å². The Bertz CT molecular complexity index is 346. The van der Waals surface area contributed by atoms with E-state index >= 15 is 0 Å². The van der Waals surface area contributed by atoms with Crippen molar-refractivity contribution in [3.63, 3.8) is 0 Å². The standard InChI is InChI=1S/C13H18BrNO/c14-12-4-1-3-11(9-12)10-13(15)5-2-7-16-8-6-13/h1,3-4,9H,2,5-8,10,15H2. The van der Waals surface area contributed by atoms with Crippen LogP contribution in [0.3, 0.4) is 0 Å². The van der Waals surface area contributed by atoms with Gasteiger partial charge in [-0.15, -0.1) is 0 Å². The Hall–Kier alpha value is -0.380. The van der Waals surface area contributed by atoms with Gasteiger partial charge in [0.15, 0.2) is 0 Å². The van der Waals surface area contributed by atoms with Crippen LogP contribution in [0.2, 0.25) is 0 Å². The van der Waals surface area contributed by atoms with Crippen LogP contribution < -0.4 is 5.73 Å². The molecule has 2 nitrogen and oxygen atoms in total. The Balaban J connectivity index is 2.06. The summed E-state index contributed by atoms with van der Waals surface area (Å²) in [6, 6.07) is 8.41. The average molecular weight is 284 g/mol. The zero-order valence-electron chi connectivity index (χ0n) is 9.42. The fourth-order valence-electron chi connectivity index (χ4n) is 2.26. The van der Waals surface area contributed by atoms with Gasteiger partial charge in [0.05, 0.1) is 0 Å². The summed E-state index contributed by atoms with van der Waals surface area (Å²) in [6.07, 6.45) is 4.03. The molecule has 1 fully saturated rings. The third kappa shape index (κ3) is 3.30. The van der Waals surface area contributed by atoms with Crippen LogP contribution in [0.1, 0.15) is 24.8 Å². The molecule has 1 heterocycles. The van der Waals surface area contributed by atoms with Crippen LogP contribution in [0, 0.1) is 0 Å². The van der Waals surface area contributed by atoms with Crippen molar-refractivity contribution in [2.45, 2.75) is 31.2 Å². The summed E-state index contributed by atoms with van der Waals surface area (Å²) < 4.78 is 6.59. The minimum Gasteiger partial charge on any atom is -0.381 e. The van der Waals surface area contributed by atoms with Gasteiger partial charge in [0, 0.05) is 23.2 Å². The zero-order chi connectivity index (χ0) is 11.4. The number of hydrogen-bond donors (Lipinski definition) is 1. The Morgan fingerprint density at radius 1 is 1.31 bits per heavy atom. The number of benzene rings is 1. The van der Waals surface area contributed by atoms with Crippen molar-refractivity contribution in [3.05, 3.63) is 34.3 Å². The van der Waals surface area contributed by atoms with Gasteiger partial charge in [-0.2, -0.15) is 0 Å². The largest absolute Gasteiger partial charge is 0.381 e. The first-order chi connectivity index (χ1) is 7.68. The lowest BCUT2D eigenvalue weighted by molar-refractivity contribution is 0.139. The molecule has 0 saturated carbocycles. The molecule has 2 N–H and O–H groups in total. The van der Waals surface area contributed by atoms with Crippen molar-refractivity contribution >= 4 is 15.9 Å². The summed E-state index contributed by atoms with van der Waals surface area (Å²) in [6.45, 7) is 1.65. The second-order valence-electron chi connectivity index (χ2n) is 4.63. The van der Waals surface area contributed by atoms with Crippen LogP contribution in [0.25, 0.3) is 0 Å². The van der Waals surface area contributed by atoms with E-state index in [1.165, 1.54) is 5.56 Å². The fourth-order valence-corrected chi connectivity index (χ4v) is 2.71. The van der Waals surface area contributed by atoms with Gasteiger partial charge in [0.25, 0.3) is 0 Å². The van der Waals surface area contributed by atoms with Crippen LogP contribution >= 0.6 is 15.9 Å². The third-order valence-corrected chi connectivity index (χ3v) is 3.65. The summed E-state index contributed by atoms with van der Waals surface area (Å²) in [5.41, 5.74) is 7.66. The molecule has 3 heteroatoms. The molecule has 1 aliphatic rings. The second kappa shape index (κ2) is 5.30. The van der Waals surface area contributed by atoms with Gasteiger partial charge in [-0.1, -0.05) is 28.1 Å². The molecule has 1 saturated heterocycles. The lowest BCUT2D eigenvalue weighted by Gasteiger charge is -2.27. The number of rotatable bonds is 2. The SMILES string of the molecule is NC1(Cc2cccc(Br)c2)CCCOCC1. The van der Waals surface area contributed by atoms with E-state index < -0.39 is 0 Å². The van der Waals surface area contributed by atoms with Crippen LogP contribution in [0.15, 0.2) is 28.7 Å². The molecule has 1 aromatic rings. The highest BCUT2D eigenvalue weighted by Crippen LogP contribution is 2.24. The monoisotopic (exact) mass is 283 g/mol. The molecular weight excluding hydrogens is 266 g/mol. The summed E-state index contributed by atoms with van der Waals surface area (Å²) >= 11 is 3.49. The van der Waals surface area contributed by atoms with Crippen LogP contribution in [-0.2, 0) is 11.2 Å². The summed E-state index contributed by atoms with van der Waals surface area (Å²) in [5, 5.41) is 0. The first-order valence-corrected chi connectivity index (χ1v) is 6.58. The summed E-state index contributed by atoms with van der Waals surface area (Å²) in [7, 11) is 0. The highest BCUT2D eigenvalue weighted by molar-refractivity contribution is 9.10. The van der Waals surface area contributed by atoms with Gasteiger partial charge in [-0.25, -0.2) is 0 Å². The minimum atomic E-state index is -0.0860. The third-order valence-electron chi connectivity index (χ3n) is 3.15. The predicted molar refractivity (Wildman–Crippen MR) is 69.4 cm³/mol. The van der Waals surface area contributed by atoms with E-state index in [1.54, 1.807) is 0 Å². The molecule has 0 aliphatic carbocycles. The minimum absolute atomic E-state index is 0.0860. The maximum atomic E-state index is 6.45. The lowest BCUT2D eigenvalue weighted by atomic mass is 9.85. The van der Waals surface area contributed by atoms with Crippen LogP contribution in [0.4, 0.5) is 0 Å². The normalized spacial score (nSPS) is 26.4. The number of halogens is 1. The number of hydrogen-bond acceptors (Lipinski definition) is 2. The molecule has 2 rings (SSSR count). The molecule has 1 aromatic carbocycles. The second-order valence-corrected chi connectivity index (χ2v) is 5.55. The maximum absolute atomic E-state index is 6.45. The van der Waals surface area contributed by atoms with Gasteiger partial charge >= 0.3 is 0 Å². The molecule has 16 heavy (non-hydrogen) atoms. The molecule has 0 bridgehead atoms. The van der Waals surface area contributed by atoms with Gasteiger partial charge in [0.1, 0.15) is 0 Å². The van der Waals surface area contributed by atoms with Crippen LogP contribution in [0.5, 0.6) is 0 Å². The van der Waals surface area contributed by atoms with E-state index in [0.29, 0.717) is 0 Å². The Morgan fingerprint density at radius 3 is 3.00 bits per heavy atom. The number of ether oxygens (including phenoxy) is 1. The van der Waals surface area contributed by atoms with Gasteiger partial charge in [-0.3, -0.25) is 0 Å². The summed E-state index contributed by atoms with van der Waals surface area (Å²) in [5.74, 6) is 0. The molecule has 0 spiro atoms. The van der Waals surface area contributed by atoms with Gasteiger partial charge in [-0.05, 0) is 43.4 Å². The Morgan fingerprint density at radius 2 is 2.19 bits per heavy atom. The smallest absolute Gasteiger partial charge is 0.0483 e. The first-order valence-electron chi connectivity index (χ1n) is 5.79. The van der Waals surface area contributed by atoms with Crippen molar-refractivity contribution in [3.8, 4) is 0 Å². The highest BCUT2D eigenvalue weighted by Gasteiger charge is 2.26. The summed E-state index contributed by atoms with van der Waals surface area (Å²) in [4.78, 5) is 0. The van der Waals surface area contributed by atoms with Crippen molar-refractivity contribution in [1.29, 1.82) is 0 Å². The Labute approximate surface area is 105 Å². The maximum Gasteiger partial charge on any atom is 0.0483 e. The first kappa shape index (κ1) is 12.1. The van der Waals surface area contributed by atoms with Crippen molar-refractivity contribution in [1.82, 2.24) is 0 Å². The van der Waals surface area contributed by atoms with Crippen molar-refractivity contribution in [2.75, 3.05) is 13.2 Å². The van der Waals surface area contributed by atoms with Gasteiger partial charge in [0.2, 0.25) is 0 Å². The quantitative estimate of drug-likeness (QED) is 0.906. The molecule has 0 amide bonds. The van der Waals surface area contributed by atoms with Crippen molar-refractivity contribution < 1.29 is 4.74 Å². The van der Waals surface area contributed by atoms with Crippen LogP contribution in [-0.4, -0.2) is 18.8 Å².